The zero-order chi connectivity index (χ0) is 83.1. The number of nitrogens with zero attached hydrogens (tertiary/aromatic N) is 4. The number of allylic oxidation sites excluding steroid dienone is 8. The van der Waals surface area contributed by atoms with Crippen LogP contribution in [0.4, 0.5) is 4.79 Å². The van der Waals surface area contributed by atoms with Gasteiger partial charge in [0.2, 0.25) is 5.91 Å². The molecule has 0 unspecified atom stereocenters. The van der Waals surface area contributed by atoms with Crippen molar-refractivity contribution >= 4 is 58.5 Å². The summed E-state index contributed by atoms with van der Waals surface area (Å²) in [6.07, 6.45) is 83.4. The maximum Gasteiger partial charge on any atom is 0.305 e. The fraction of sp³-hybridized carbons (Fsp3) is 0.853. The maximum atomic E-state index is 13.2. The number of carbonyl (C=O) groups is 6. The average Bonchev–Trinajstić information content (AvgIpc) is 0.924. The Labute approximate surface area is 737 Å². The molecule has 16 nitrogen and oxygen atoms in total. The lowest BCUT2D eigenvalue weighted by Gasteiger charge is -2.29. The van der Waals surface area contributed by atoms with E-state index < -0.39 is 0 Å². The van der Waals surface area contributed by atoms with Gasteiger partial charge in [0.25, 0.3) is 5.24 Å². The Hall–Kier alpha value is -2.72. The zero-order valence-electron chi connectivity index (χ0n) is 75.6. The molecule has 0 aromatic heterocycles. The SMILES string of the molecule is CCCCCCCC/C=C\CCCCCCCC(=O)OCCN(CCOC(=O)CCCCCCC/C=C\CCCCCCCC)C(=O)CSCC[N+](C)(C)CCO.CCCCCCCC/C=C\CCCCCCCC(=O)OCCN(CCOC(=O)CCCCCCC/C=C\CCCCCCCC)C(=O)SCC[N+](C)(C)CCO.[Br-].[Br-]. The number of hydrogen-bond acceptors (Lipinski definition) is 14. The van der Waals surface area contributed by atoms with E-state index in [9.17, 15) is 39.0 Å². The predicted octanol–water partition coefficient (Wildman–Crippen LogP) is 18.2. The molecule has 0 aromatic rings. The van der Waals surface area contributed by atoms with E-state index in [0.29, 0.717) is 59.2 Å². The number of ether oxygens (including phenoxy) is 4. The number of thioether (sulfide) groups is 2. The molecule has 0 heterocycles. The molecule has 0 radical (unpaired) electrons. The van der Waals surface area contributed by atoms with Crippen LogP contribution in [0.3, 0.4) is 0 Å². The van der Waals surface area contributed by atoms with E-state index in [2.05, 4.69) is 90.4 Å². The van der Waals surface area contributed by atoms with Crippen LogP contribution >= 0.6 is 23.5 Å². The molecule has 0 atom stereocenters. The number of aliphatic hydroxyl groups is 2. The Bertz CT molecular complexity index is 2160. The number of carbonyl (C=O) groups excluding carboxylic acids is 6. The van der Waals surface area contributed by atoms with Gasteiger partial charge in [-0.15, -0.1) is 11.8 Å². The van der Waals surface area contributed by atoms with Gasteiger partial charge < -0.3 is 81.9 Å². The summed E-state index contributed by atoms with van der Waals surface area (Å²) in [6, 6.07) is 0. The van der Waals surface area contributed by atoms with Gasteiger partial charge in [-0.2, -0.15) is 0 Å². The number of rotatable bonds is 84. The molecule has 0 aliphatic carbocycles. The summed E-state index contributed by atoms with van der Waals surface area (Å²) >= 11 is 2.79. The lowest BCUT2D eigenvalue weighted by atomic mass is 10.1. The molecule has 0 fully saturated rings. The summed E-state index contributed by atoms with van der Waals surface area (Å²) in [5.41, 5.74) is 0. The van der Waals surface area contributed by atoms with E-state index in [-0.39, 0.29) is 135 Å². The van der Waals surface area contributed by atoms with Crippen molar-refractivity contribution < 1.29 is 101 Å². The molecule has 0 bridgehead atoms. The lowest BCUT2D eigenvalue weighted by Crippen LogP contribution is -3.00. The third-order valence-electron chi connectivity index (χ3n) is 21.1. The van der Waals surface area contributed by atoms with Crippen LogP contribution in [-0.2, 0) is 42.9 Å². The average molecular weight is 1790 g/mol. The molecule has 0 saturated heterocycles. The van der Waals surface area contributed by atoms with Gasteiger partial charge in [0.1, 0.15) is 39.5 Å². The first kappa shape index (κ1) is 119. The van der Waals surface area contributed by atoms with Crippen LogP contribution in [0.15, 0.2) is 48.6 Å². The van der Waals surface area contributed by atoms with Crippen molar-refractivity contribution in [2.75, 3.05) is 137 Å². The van der Waals surface area contributed by atoms with Gasteiger partial charge in [-0.25, -0.2) is 0 Å². The van der Waals surface area contributed by atoms with Crippen LogP contribution in [0, 0.1) is 0 Å². The van der Waals surface area contributed by atoms with Crippen molar-refractivity contribution in [2.45, 2.75) is 387 Å². The number of likely N-dealkylation sites (N-methyl/N-ethyl adjacent to an activating group) is 2. The predicted molar refractivity (Wildman–Crippen MR) is 483 cm³/mol. The summed E-state index contributed by atoms with van der Waals surface area (Å²) < 4.78 is 23.4. The normalized spacial score (nSPS) is 11.7. The standard InChI is InChI=1S/C48H91N2O6S.C47H89N2O6S.2BrH/c1-5-7-9-11-13-15-17-19-21-23-25-27-29-31-33-35-47(53)55-42-37-49(46(52)45-57-44-40-50(3,4)39-41-51)38-43-56-48(54)36-34-32-30-28-26-24-22-20-18-16-14-12-10-8-6-2;1-5-7-9-11-13-15-17-19-21-23-25-27-29-31-33-35-45(51)54-42-37-48(47(53)56-44-40-49(3,4)39-41-50)38-43-55-46(52)36-34-32-30-28-26-24-22-20-18-16-14-12-10-8-6-2;;/h19-22,51H,5-18,23-45H2,1-4H3;19-22,50H,5-18,23-44H2,1-4H3;2*1H/q2*+1;;/p-2/b2*21-19-,22-20-;;. The van der Waals surface area contributed by atoms with Crippen LogP contribution in [-0.4, -0.2) is 201 Å². The largest absolute Gasteiger partial charge is 1.00 e. The van der Waals surface area contributed by atoms with Crippen LogP contribution in [0.5, 0.6) is 0 Å². The summed E-state index contributed by atoms with van der Waals surface area (Å²) in [6.45, 7) is 13.8. The first-order chi connectivity index (χ1) is 55.0. The van der Waals surface area contributed by atoms with Crippen molar-refractivity contribution in [3.05, 3.63) is 48.6 Å². The number of halogens is 2. The topological polar surface area (TPSA) is 186 Å². The Kier molecular flexibility index (Phi) is 96.5. The van der Waals surface area contributed by atoms with Gasteiger partial charge in [-0.3, -0.25) is 28.8 Å². The molecule has 115 heavy (non-hydrogen) atoms. The summed E-state index contributed by atoms with van der Waals surface area (Å²) in [5.74, 6) is 0.776. The van der Waals surface area contributed by atoms with Crippen LogP contribution in [0.25, 0.3) is 0 Å². The first-order valence-corrected chi connectivity index (χ1v) is 49.0. The highest BCUT2D eigenvalue weighted by atomic mass is 79.9. The molecule has 0 aliphatic rings. The molecular weight excluding hydrogens is 1610 g/mol. The van der Waals surface area contributed by atoms with Crippen molar-refractivity contribution in [3.63, 3.8) is 0 Å². The summed E-state index contributed by atoms with van der Waals surface area (Å²) in [4.78, 5) is 79.3. The lowest BCUT2D eigenvalue weighted by molar-refractivity contribution is -0.888. The molecule has 0 aliphatic heterocycles. The molecular formula is C95H180Br2N4O12S2. The van der Waals surface area contributed by atoms with E-state index in [1.807, 2.05) is 14.1 Å². The third kappa shape index (κ3) is 91.9. The van der Waals surface area contributed by atoms with Gasteiger partial charge in [0, 0.05) is 31.4 Å². The second kappa shape index (κ2) is 93.5. The fourth-order valence-corrected chi connectivity index (χ4v) is 15.4. The zero-order valence-corrected chi connectivity index (χ0v) is 80.4. The Morgan fingerprint density at radius 3 is 0.757 bits per heavy atom. The molecule has 0 rings (SSSR count). The van der Waals surface area contributed by atoms with Crippen LogP contribution < -0.4 is 34.0 Å². The maximum absolute atomic E-state index is 13.2. The molecule has 0 aromatic carbocycles. The number of esters is 4. The highest BCUT2D eigenvalue weighted by Gasteiger charge is 2.21. The molecule has 0 spiro atoms. The first-order valence-electron chi connectivity index (χ1n) is 46.9. The van der Waals surface area contributed by atoms with E-state index >= 15 is 0 Å². The summed E-state index contributed by atoms with van der Waals surface area (Å²) in [7, 11) is 8.21. The van der Waals surface area contributed by atoms with Crippen LogP contribution in [0.1, 0.15) is 387 Å². The van der Waals surface area contributed by atoms with E-state index in [1.54, 1.807) is 21.6 Å². The smallest absolute Gasteiger partial charge is 0.305 e. The molecule has 2 amide bonds. The van der Waals surface area contributed by atoms with Gasteiger partial charge in [-0.05, 0) is 128 Å². The van der Waals surface area contributed by atoms with E-state index in [4.69, 9.17) is 18.9 Å². The quantitative estimate of drug-likeness (QED) is 0.0193. The Balaban J connectivity index is -0.00000105. The highest BCUT2D eigenvalue weighted by molar-refractivity contribution is 8.13. The van der Waals surface area contributed by atoms with E-state index in [1.165, 1.54) is 243 Å². The van der Waals surface area contributed by atoms with Crippen LogP contribution in [0.2, 0.25) is 0 Å². The molecule has 0 saturated carbocycles. The second-order valence-corrected chi connectivity index (χ2v) is 35.1. The van der Waals surface area contributed by atoms with E-state index in [0.717, 1.165) is 122 Å². The minimum atomic E-state index is -0.225. The van der Waals surface area contributed by atoms with Gasteiger partial charge in [0.15, 0.2) is 0 Å². The number of unbranched alkanes of at least 4 members (excludes halogenated alkanes) is 44. The van der Waals surface area contributed by atoms with Gasteiger partial charge in [-0.1, -0.05) is 294 Å². The summed E-state index contributed by atoms with van der Waals surface area (Å²) in [5, 5.41) is 18.5. The Morgan fingerprint density at radius 1 is 0.296 bits per heavy atom. The number of quaternary nitrogens is 2. The molecule has 20 heteroatoms. The second-order valence-electron chi connectivity index (χ2n) is 33.0. The number of hydrogen-bond donors (Lipinski definition) is 2. The van der Waals surface area contributed by atoms with Gasteiger partial charge in [0.05, 0.1) is 92.2 Å². The minimum Gasteiger partial charge on any atom is -1.00 e. The number of aliphatic hydroxyl groups excluding tert-OH is 2. The van der Waals surface area contributed by atoms with Crippen molar-refractivity contribution in [2.24, 2.45) is 0 Å². The third-order valence-corrected chi connectivity index (χ3v) is 22.9. The molecule has 2 N–H and O–H groups in total. The Morgan fingerprint density at radius 2 is 0.513 bits per heavy atom. The van der Waals surface area contributed by atoms with Crippen molar-refractivity contribution in [1.82, 2.24) is 9.80 Å². The van der Waals surface area contributed by atoms with Gasteiger partial charge >= 0.3 is 23.9 Å². The van der Waals surface area contributed by atoms with Crippen molar-refractivity contribution in [3.8, 4) is 0 Å². The monoisotopic (exact) mass is 1790 g/mol. The minimum absolute atomic E-state index is 0. The highest BCUT2D eigenvalue weighted by Crippen LogP contribution is 2.19. The fourth-order valence-electron chi connectivity index (χ4n) is 13.2. The molecule has 678 valence electrons. The van der Waals surface area contributed by atoms with Crippen molar-refractivity contribution in [1.29, 1.82) is 0 Å². The number of amides is 2.